The van der Waals surface area contributed by atoms with Crippen molar-refractivity contribution < 1.29 is 5.11 Å². The molecule has 3 nitrogen and oxygen atoms in total. The first-order valence-corrected chi connectivity index (χ1v) is 7.11. The maximum absolute atomic E-state index is 10.0. The van der Waals surface area contributed by atoms with E-state index in [2.05, 4.69) is 30.7 Å². The van der Waals surface area contributed by atoms with Crippen molar-refractivity contribution in [3.63, 3.8) is 0 Å². The van der Waals surface area contributed by atoms with Crippen LogP contribution >= 0.6 is 0 Å². The van der Waals surface area contributed by atoms with Gasteiger partial charge >= 0.3 is 0 Å². The third-order valence-electron chi connectivity index (χ3n) is 4.76. The van der Waals surface area contributed by atoms with Crippen molar-refractivity contribution in [2.45, 2.75) is 51.2 Å². The summed E-state index contributed by atoms with van der Waals surface area (Å²) in [5.74, 6) is 0.517. The highest BCUT2D eigenvalue weighted by Gasteiger charge is 2.33. The molecular formula is C14H28N2O. The average Bonchev–Trinajstić information content (AvgIpc) is 2.26. The SMILES string of the molecule is CN1CCN(CC2CCCCC2O)CC1(C)C. The monoisotopic (exact) mass is 240 g/mol. The minimum atomic E-state index is -0.0495. The molecule has 2 rings (SSSR count). The van der Waals surface area contributed by atoms with E-state index >= 15 is 0 Å². The lowest BCUT2D eigenvalue weighted by Crippen LogP contribution is -2.58. The van der Waals surface area contributed by atoms with Gasteiger partial charge in [-0.05, 0) is 39.7 Å². The van der Waals surface area contributed by atoms with Crippen LogP contribution in [0.2, 0.25) is 0 Å². The zero-order valence-corrected chi connectivity index (χ0v) is 11.7. The molecule has 2 atom stereocenters. The molecule has 1 saturated carbocycles. The summed E-state index contributed by atoms with van der Waals surface area (Å²) in [5, 5.41) is 10.0. The Morgan fingerprint density at radius 2 is 1.88 bits per heavy atom. The molecule has 1 aliphatic carbocycles. The zero-order valence-electron chi connectivity index (χ0n) is 11.7. The summed E-state index contributed by atoms with van der Waals surface area (Å²) < 4.78 is 0. The van der Waals surface area contributed by atoms with Crippen LogP contribution in [-0.4, -0.2) is 59.8 Å². The van der Waals surface area contributed by atoms with Crippen LogP contribution in [0.25, 0.3) is 0 Å². The van der Waals surface area contributed by atoms with Gasteiger partial charge in [-0.1, -0.05) is 12.8 Å². The molecule has 0 bridgehead atoms. The summed E-state index contributed by atoms with van der Waals surface area (Å²) in [6, 6.07) is 0. The summed E-state index contributed by atoms with van der Waals surface area (Å²) >= 11 is 0. The maximum atomic E-state index is 10.0. The quantitative estimate of drug-likeness (QED) is 0.793. The summed E-state index contributed by atoms with van der Waals surface area (Å²) in [6.07, 6.45) is 4.70. The molecule has 1 saturated heterocycles. The summed E-state index contributed by atoms with van der Waals surface area (Å²) in [5.41, 5.74) is 0.276. The van der Waals surface area contributed by atoms with Crippen molar-refractivity contribution in [2.75, 3.05) is 33.2 Å². The van der Waals surface area contributed by atoms with Gasteiger partial charge in [0.2, 0.25) is 0 Å². The summed E-state index contributed by atoms with van der Waals surface area (Å²) in [6.45, 7) is 9.16. The van der Waals surface area contributed by atoms with Gasteiger partial charge in [0.05, 0.1) is 6.10 Å². The first-order valence-electron chi connectivity index (χ1n) is 7.11. The van der Waals surface area contributed by atoms with Gasteiger partial charge in [0, 0.05) is 31.7 Å². The summed E-state index contributed by atoms with van der Waals surface area (Å²) in [7, 11) is 2.22. The van der Waals surface area contributed by atoms with E-state index < -0.39 is 0 Å². The first kappa shape index (κ1) is 13.3. The predicted octanol–water partition coefficient (Wildman–Crippen LogP) is 1.56. The van der Waals surface area contributed by atoms with Gasteiger partial charge in [-0.25, -0.2) is 0 Å². The van der Waals surface area contributed by atoms with Crippen LogP contribution < -0.4 is 0 Å². The Morgan fingerprint density at radius 1 is 1.18 bits per heavy atom. The van der Waals surface area contributed by atoms with E-state index in [9.17, 15) is 5.11 Å². The molecule has 1 N–H and O–H groups in total. The lowest BCUT2D eigenvalue weighted by atomic mass is 9.85. The normalized spacial score (nSPS) is 36.0. The highest BCUT2D eigenvalue weighted by molar-refractivity contribution is 4.89. The van der Waals surface area contributed by atoms with Crippen LogP contribution in [0.4, 0.5) is 0 Å². The first-order chi connectivity index (χ1) is 7.99. The second-order valence-electron chi connectivity index (χ2n) is 6.58. The van der Waals surface area contributed by atoms with Crippen LogP contribution in [0.3, 0.4) is 0 Å². The van der Waals surface area contributed by atoms with Crippen LogP contribution in [0.1, 0.15) is 39.5 Å². The van der Waals surface area contributed by atoms with Gasteiger partial charge in [0.15, 0.2) is 0 Å². The Kier molecular flexibility index (Phi) is 4.11. The highest BCUT2D eigenvalue weighted by Crippen LogP contribution is 2.27. The zero-order chi connectivity index (χ0) is 12.5. The maximum Gasteiger partial charge on any atom is 0.0580 e. The molecule has 0 aromatic rings. The van der Waals surface area contributed by atoms with Gasteiger partial charge in [0.1, 0.15) is 0 Å². The van der Waals surface area contributed by atoms with Crippen molar-refractivity contribution >= 4 is 0 Å². The Bertz CT molecular complexity index is 255. The predicted molar refractivity (Wildman–Crippen MR) is 71.1 cm³/mol. The van der Waals surface area contributed by atoms with E-state index in [1.54, 1.807) is 0 Å². The molecule has 2 unspecified atom stereocenters. The second-order valence-corrected chi connectivity index (χ2v) is 6.58. The highest BCUT2D eigenvalue weighted by atomic mass is 16.3. The third kappa shape index (κ3) is 3.21. The second kappa shape index (κ2) is 5.25. The molecule has 2 fully saturated rings. The van der Waals surface area contributed by atoms with Gasteiger partial charge < -0.3 is 5.11 Å². The number of nitrogens with zero attached hydrogens (tertiary/aromatic N) is 2. The van der Waals surface area contributed by atoms with Crippen molar-refractivity contribution in [3.05, 3.63) is 0 Å². The van der Waals surface area contributed by atoms with Gasteiger partial charge in [-0.2, -0.15) is 0 Å². The minimum absolute atomic E-state index is 0.0495. The summed E-state index contributed by atoms with van der Waals surface area (Å²) in [4.78, 5) is 5.00. The van der Waals surface area contributed by atoms with E-state index in [-0.39, 0.29) is 11.6 Å². The molecule has 0 amide bonds. The number of aliphatic hydroxyl groups excluding tert-OH is 1. The molecule has 0 aromatic carbocycles. The molecule has 1 heterocycles. The largest absolute Gasteiger partial charge is 0.393 e. The number of likely N-dealkylation sites (N-methyl/N-ethyl adjacent to an activating group) is 1. The Balaban J connectivity index is 1.87. The van der Waals surface area contributed by atoms with Crippen LogP contribution in [0.15, 0.2) is 0 Å². The van der Waals surface area contributed by atoms with E-state index in [0.29, 0.717) is 5.92 Å². The number of hydrogen-bond acceptors (Lipinski definition) is 3. The van der Waals surface area contributed by atoms with Gasteiger partial charge in [0.25, 0.3) is 0 Å². The molecule has 17 heavy (non-hydrogen) atoms. The molecule has 0 aromatic heterocycles. The van der Waals surface area contributed by atoms with Crippen molar-refractivity contribution in [2.24, 2.45) is 5.92 Å². The molecule has 0 spiro atoms. The van der Waals surface area contributed by atoms with Crippen LogP contribution in [0, 0.1) is 5.92 Å². The Labute approximate surface area is 106 Å². The van der Waals surface area contributed by atoms with Crippen molar-refractivity contribution in [1.82, 2.24) is 9.80 Å². The Hall–Kier alpha value is -0.120. The molecule has 1 aliphatic heterocycles. The van der Waals surface area contributed by atoms with Gasteiger partial charge in [-0.3, -0.25) is 9.80 Å². The lowest BCUT2D eigenvalue weighted by molar-refractivity contribution is 0.000379. The molecule has 100 valence electrons. The number of piperazine rings is 1. The standard InChI is InChI=1S/C14H28N2O/c1-14(2)11-16(9-8-15(14)3)10-12-6-4-5-7-13(12)17/h12-13,17H,4-11H2,1-3H3. The molecule has 0 radical (unpaired) electrons. The van der Waals surface area contributed by atoms with Gasteiger partial charge in [-0.15, -0.1) is 0 Å². The van der Waals surface area contributed by atoms with E-state index in [1.165, 1.54) is 19.3 Å². The molecule has 3 heteroatoms. The average molecular weight is 240 g/mol. The van der Waals surface area contributed by atoms with Crippen molar-refractivity contribution in [1.29, 1.82) is 0 Å². The van der Waals surface area contributed by atoms with E-state index in [4.69, 9.17) is 0 Å². The van der Waals surface area contributed by atoms with Crippen molar-refractivity contribution in [3.8, 4) is 0 Å². The lowest BCUT2D eigenvalue weighted by Gasteiger charge is -2.46. The molecular weight excluding hydrogens is 212 g/mol. The topological polar surface area (TPSA) is 26.7 Å². The Morgan fingerprint density at radius 3 is 2.53 bits per heavy atom. The fraction of sp³-hybridized carbons (Fsp3) is 1.00. The number of hydrogen-bond donors (Lipinski definition) is 1. The van der Waals surface area contributed by atoms with Crippen LogP contribution in [-0.2, 0) is 0 Å². The number of rotatable bonds is 2. The molecule has 2 aliphatic rings. The van der Waals surface area contributed by atoms with E-state index in [1.807, 2.05) is 0 Å². The number of aliphatic hydroxyl groups is 1. The fourth-order valence-electron chi connectivity index (χ4n) is 3.23. The van der Waals surface area contributed by atoms with Crippen LogP contribution in [0.5, 0.6) is 0 Å². The smallest absolute Gasteiger partial charge is 0.0580 e. The van der Waals surface area contributed by atoms with E-state index in [0.717, 1.165) is 32.6 Å². The fourth-order valence-corrected chi connectivity index (χ4v) is 3.23. The third-order valence-corrected chi connectivity index (χ3v) is 4.76. The minimum Gasteiger partial charge on any atom is -0.393 e.